The van der Waals surface area contributed by atoms with Gasteiger partial charge in [-0.3, -0.25) is 9.36 Å². The molecule has 170 valence electrons. The molecule has 0 aliphatic rings. The van der Waals surface area contributed by atoms with Gasteiger partial charge in [0.2, 0.25) is 0 Å². The number of sulfonamides is 1. The molecular weight excluding hydrogens is 486 g/mol. The number of benzene rings is 1. The van der Waals surface area contributed by atoms with Gasteiger partial charge in [-0.15, -0.1) is 11.3 Å². The van der Waals surface area contributed by atoms with E-state index >= 15 is 0 Å². The standard InChI is InChI=1S/C21H18ClN5O4S2/c1-2-23-14-3-5-16-13(11-14)9-10-27(20(16)28)18-7-4-15(12-24-18)25-21(29)26-33(30,31)19-8-6-17(22)32-19/h3-12,23H,2H2,1H3,(H2,25,26,29). The number of rotatable bonds is 6. The van der Waals surface area contributed by atoms with Gasteiger partial charge in [0, 0.05) is 23.8 Å². The molecular formula is C21H18ClN5O4S2. The molecule has 0 saturated heterocycles. The summed E-state index contributed by atoms with van der Waals surface area (Å²) in [5.74, 6) is 0.351. The molecule has 0 atom stereocenters. The molecule has 0 aliphatic carbocycles. The summed E-state index contributed by atoms with van der Waals surface area (Å²) in [5, 5.41) is 6.96. The normalized spacial score (nSPS) is 11.3. The molecule has 0 fully saturated rings. The molecule has 33 heavy (non-hydrogen) atoms. The minimum absolute atomic E-state index is 0.0793. The first-order valence-corrected chi connectivity index (χ1v) is 12.4. The van der Waals surface area contributed by atoms with Crippen molar-refractivity contribution in [1.29, 1.82) is 0 Å². The number of urea groups is 1. The molecule has 3 N–H and O–H groups in total. The fourth-order valence-electron chi connectivity index (χ4n) is 3.12. The lowest BCUT2D eigenvalue weighted by molar-refractivity contribution is 0.256. The lowest BCUT2D eigenvalue weighted by atomic mass is 10.1. The molecule has 0 spiro atoms. The number of fused-ring (bicyclic) bond motifs is 1. The number of carbonyl (C=O) groups excluding carboxylic acids is 1. The monoisotopic (exact) mass is 503 g/mol. The Morgan fingerprint density at radius 2 is 1.91 bits per heavy atom. The first-order chi connectivity index (χ1) is 15.8. The Kier molecular flexibility index (Phi) is 6.36. The summed E-state index contributed by atoms with van der Waals surface area (Å²) in [6, 6.07) is 12.2. The number of thiophene rings is 1. The van der Waals surface area contributed by atoms with Crippen LogP contribution in [0.4, 0.5) is 16.2 Å². The van der Waals surface area contributed by atoms with Crippen molar-refractivity contribution in [2.75, 3.05) is 17.2 Å². The van der Waals surface area contributed by atoms with Crippen molar-refractivity contribution in [2.45, 2.75) is 11.1 Å². The Morgan fingerprint density at radius 3 is 2.58 bits per heavy atom. The number of amides is 2. The molecule has 1 aromatic carbocycles. The van der Waals surface area contributed by atoms with Crippen LogP contribution in [0.15, 0.2) is 69.9 Å². The molecule has 12 heteroatoms. The van der Waals surface area contributed by atoms with Crippen LogP contribution in [-0.2, 0) is 10.0 Å². The van der Waals surface area contributed by atoms with Crippen molar-refractivity contribution in [2.24, 2.45) is 0 Å². The number of aromatic nitrogens is 2. The molecule has 0 unspecified atom stereocenters. The van der Waals surface area contributed by atoms with Crippen LogP contribution in [0.25, 0.3) is 16.6 Å². The summed E-state index contributed by atoms with van der Waals surface area (Å²) >= 11 is 6.59. The summed E-state index contributed by atoms with van der Waals surface area (Å²) in [4.78, 5) is 29.2. The third-order valence-corrected chi connectivity index (χ3v) is 7.63. The minimum atomic E-state index is -4.04. The maximum absolute atomic E-state index is 12.9. The van der Waals surface area contributed by atoms with Gasteiger partial charge in [0.25, 0.3) is 15.6 Å². The Labute approximate surface area is 198 Å². The van der Waals surface area contributed by atoms with E-state index in [4.69, 9.17) is 11.6 Å². The zero-order valence-corrected chi connectivity index (χ0v) is 19.6. The lowest BCUT2D eigenvalue weighted by Crippen LogP contribution is -2.34. The van der Waals surface area contributed by atoms with Crippen LogP contribution in [0.2, 0.25) is 4.34 Å². The fourth-order valence-corrected chi connectivity index (χ4v) is 5.51. The molecule has 2 amide bonds. The number of anilines is 2. The molecule has 0 saturated carbocycles. The number of halogens is 1. The second-order valence-corrected chi connectivity index (χ2v) is 10.5. The number of nitrogens with one attached hydrogen (secondary N) is 3. The molecule has 9 nitrogen and oxygen atoms in total. The second-order valence-electron chi connectivity index (χ2n) is 6.85. The number of carbonyl (C=O) groups is 1. The van der Waals surface area contributed by atoms with Crippen LogP contribution in [0, 0.1) is 0 Å². The van der Waals surface area contributed by atoms with E-state index < -0.39 is 16.1 Å². The summed E-state index contributed by atoms with van der Waals surface area (Å²) in [6.07, 6.45) is 2.95. The van der Waals surface area contributed by atoms with Gasteiger partial charge in [-0.2, -0.15) is 0 Å². The molecule has 3 heterocycles. The first-order valence-electron chi connectivity index (χ1n) is 9.72. The highest BCUT2D eigenvalue weighted by molar-refractivity contribution is 7.92. The lowest BCUT2D eigenvalue weighted by Gasteiger charge is -2.10. The third-order valence-electron chi connectivity index (χ3n) is 4.58. The maximum Gasteiger partial charge on any atom is 0.333 e. The van der Waals surface area contributed by atoms with Crippen LogP contribution in [0.5, 0.6) is 0 Å². The van der Waals surface area contributed by atoms with Gasteiger partial charge >= 0.3 is 6.03 Å². The van der Waals surface area contributed by atoms with Gasteiger partial charge in [-0.25, -0.2) is 22.9 Å². The first kappa shape index (κ1) is 22.8. The number of hydrogen-bond acceptors (Lipinski definition) is 7. The Balaban J connectivity index is 1.50. The van der Waals surface area contributed by atoms with Crippen molar-refractivity contribution in [3.8, 4) is 5.82 Å². The SMILES string of the molecule is CCNc1ccc2c(=O)n(-c3ccc(NC(=O)NS(=O)(=O)c4ccc(Cl)s4)cn3)ccc2c1. The predicted molar refractivity (Wildman–Crippen MR) is 130 cm³/mol. The average molecular weight is 504 g/mol. The van der Waals surface area contributed by atoms with Crippen LogP contribution >= 0.6 is 22.9 Å². The van der Waals surface area contributed by atoms with Gasteiger partial charge in [0.1, 0.15) is 10.0 Å². The van der Waals surface area contributed by atoms with Crippen LogP contribution in [-0.4, -0.2) is 30.5 Å². The van der Waals surface area contributed by atoms with E-state index in [-0.39, 0.29) is 19.8 Å². The van der Waals surface area contributed by atoms with Gasteiger partial charge in [-0.1, -0.05) is 11.6 Å². The van der Waals surface area contributed by atoms with Crippen LogP contribution < -0.4 is 20.9 Å². The van der Waals surface area contributed by atoms with Crippen LogP contribution in [0.3, 0.4) is 0 Å². The van der Waals surface area contributed by atoms with Crippen molar-refractivity contribution in [3.63, 3.8) is 0 Å². The van der Waals surface area contributed by atoms with E-state index in [9.17, 15) is 18.0 Å². The third kappa shape index (κ3) is 5.00. The van der Waals surface area contributed by atoms with Gasteiger partial charge in [0.05, 0.1) is 16.2 Å². The number of hydrogen-bond donors (Lipinski definition) is 3. The summed E-state index contributed by atoms with van der Waals surface area (Å²) in [6.45, 7) is 2.77. The smallest absolute Gasteiger partial charge is 0.333 e. The number of nitrogens with zero attached hydrogens (tertiary/aromatic N) is 2. The summed E-state index contributed by atoms with van der Waals surface area (Å²) < 4.78 is 27.9. The zero-order valence-electron chi connectivity index (χ0n) is 17.2. The molecule has 4 rings (SSSR count). The largest absolute Gasteiger partial charge is 0.385 e. The quantitative estimate of drug-likeness (QED) is 0.365. The summed E-state index contributed by atoms with van der Waals surface area (Å²) in [7, 11) is -4.04. The van der Waals surface area contributed by atoms with Crippen LogP contribution in [0.1, 0.15) is 6.92 Å². The van der Waals surface area contributed by atoms with Gasteiger partial charge in [0.15, 0.2) is 0 Å². The predicted octanol–water partition coefficient (Wildman–Crippen LogP) is 4.04. The van der Waals surface area contributed by atoms with E-state index in [2.05, 4.69) is 15.6 Å². The summed E-state index contributed by atoms with van der Waals surface area (Å²) in [5.41, 5.74) is 0.945. The van der Waals surface area contributed by atoms with Gasteiger partial charge < -0.3 is 10.6 Å². The van der Waals surface area contributed by atoms with Crippen molar-refractivity contribution in [1.82, 2.24) is 14.3 Å². The van der Waals surface area contributed by atoms with Crippen molar-refractivity contribution in [3.05, 3.63) is 75.6 Å². The van der Waals surface area contributed by atoms with E-state index in [1.54, 1.807) is 18.3 Å². The van der Waals surface area contributed by atoms with E-state index in [0.717, 1.165) is 29.0 Å². The topological polar surface area (TPSA) is 122 Å². The zero-order chi connectivity index (χ0) is 23.6. The number of pyridine rings is 2. The Bertz CT molecular complexity index is 1500. The van der Waals surface area contributed by atoms with E-state index in [0.29, 0.717) is 11.2 Å². The molecule has 0 aliphatic heterocycles. The minimum Gasteiger partial charge on any atom is -0.385 e. The highest BCUT2D eigenvalue weighted by atomic mass is 35.5. The maximum atomic E-state index is 12.9. The van der Waals surface area contributed by atoms with Crippen molar-refractivity contribution >= 4 is 61.1 Å². The fraction of sp³-hybridized carbons (Fsp3) is 0.0952. The molecule has 3 aromatic heterocycles. The Morgan fingerprint density at radius 1 is 1.12 bits per heavy atom. The molecule has 4 aromatic rings. The van der Waals surface area contributed by atoms with E-state index in [1.165, 1.54) is 29.0 Å². The van der Waals surface area contributed by atoms with E-state index in [1.807, 2.05) is 29.8 Å². The van der Waals surface area contributed by atoms with Crippen molar-refractivity contribution < 1.29 is 13.2 Å². The van der Waals surface area contributed by atoms with Gasteiger partial charge in [-0.05, 0) is 60.8 Å². The highest BCUT2D eigenvalue weighted by Crippen LogP contribution is 2.25. The Hall–Kier alpha value is -3.41. The highest BCUT2D eigenvalue weighted by Gasteiger charge is 2.20. The second kappa shape index (κ2) is 9.22. The molecule has 0 radical (unpaired) electrons. The average Bonchev–Trinajstić information content (AvgIpc) is 3.22. The molecule has 0 bridgehead atoms.